The molecule has 0 aromatic rings. The molecule has 0 unspecified atom stereocenters. The SMILES string of the molecule is CC(C)P(CCCO)CCCO. The zero-order valence-corrected chi connectivity index (χ0v) is 9.06. The second kappa shape index (κ2) is 7.97. The number of aliphatic hydroxyl groups excluding tert-OH is 2. The van der Waals surface area contributed by atoms with Gasteiger partial charge in [0.1, 0.15) is 0 Å². The van der Waals surface area contributed by atoms with Gasteiger partial charge in [-0.15, -0.1) is 7.92 Å². The second-order valence-electron chi connectivity index (χ2n) is 3.28. The monoisotopic (exact) mass is 192 g/mol. The van der Waals surface area contributed by atoms with E-state index in [0.717, 1.165) is 30.8 Å². The van der Waals surface area contributed by atoms with Crippen molar-refractivity contribution in [1.82, 2.24) is 0 Å². The van der Waals surface area contributed by atoms with Crippen LogP contribution in [-0.2, 0) is 0 Å². The molecule has 0 heterocycles. The summed E-state index contributed by atoms with van der Waals surface area (Å²) < 4.78 is 0. The predicted octanol–water partition coefficient (Wildman–Crippen LogP) is 1.64. The van der Waals surface area contributed by atoms with Gasteiger partial charge in [0.25, 0.3) is 0 Å². The van der Waals surface area contributed by atoms with Crippen LogP contribution in [0.1, 0.15) is 26.7 Å². The zero-order chi connectivity index (χ0) is 9.40. The van der Waals surface area contributed by atoms with Gasteiger partial charge in [-0.25, -0.2) is 0 Å². The summed E-state index contributed by atoms with van der Waals surface area (Å²) in [6.07, 6.45) is 4.16. The Bertz CT molecular complexity index is 88.5. The molecule has 3 heteroatoms. The minimum Gasteiger partial charge on any atom is -0.396 e. The molecule has 2 nitrogen and oxygen atoms in total. The molecule has 0 spiro atoms. The van der Waals surface area contributed by atoms with E-state index in [0.29, 0.717) is 13.2 Å². The van der Waals surface area contributed by atoms with E-state index in [1.807, 2.05) is 0 Å². The van der Waals surface area contributed by atoms with Crippen molar-refractivity contribution in [3.8, 4) is 0 Å². The van der Waals surface area contributed by atoms with Crippen molar-refractivity contribution >= 4 is 7.92 Å². The molecule has 0 amide bonds. The summed E-state index contributed by atoms with van der Waals surface area (Å²) in [5, 5.41) is 17.4. The van der Waals surface area contributed by atoms with Crippen LogP contribution < -0.4 is 0 Å². The number of rotatable bonds is 7. The molecule has 0 radical (unpaired) electrons. The van der Waals surface area contributed by atoms with Crippen LogP contribution >= 0.6 is 7.92 Å². The topological polar surface area (TPSA) is 40.5 Å². The minimum atomic E-state index is 0.0486. The molecule has 12 heavy (non-hydrogen) atoms. The van der Waals surface area contributed by atoms with Crippen LogP contribution in [0.2, 0.25) is 0 Å². The zero-order valence-electron chi connectivity index (χ0n) is 8.16. The summed E-state index contributed by atoms with van der Waals surface area (Å²) in [5.74, 6) is 0. The first-order valence-electron chi connectivity index (χ1n) is 4.68. The number of hydrogen-bond donors (Lipinski definition) is 2. The van der Waals surface area contributed by atoms with Crippen molar-refractivity contribution in [2.24, 2.45) is 0 Å². The molecule has 0 fully saturated rings. The Kier molecular flexibility index (Phi) is 8.20. The van der Waals surface area contributed by atoms with Crippen LogP contribution in [0.15, 0.2) is 0 Å². The largest absolute Gasteiger partial charge is 0.396 e. The molecule has 0 aliphatic heterocycles. The molecule has 0 atom stereocenters. The standard InChI is InChI=1S/C9H21O2P/c1-9(2)12(7-3-5-10)8-4-6-11/h9-11H,3-8H2,1-2H3. The summed E-state index contributed by atoms with van der Waals surface area (Å²) in [7, 11) is 0.0486. The number of aliphatic hydroxyl groups is 2. The number of hydrogen-bond acceptors (Lipinski definition) is 2. The highest BCUT2D eigenvalue weighted by molar-refractivity contribution is 7.58. The van der Waals surface area contributed by atoms with Gasteiger partial charge in [0, 0.05) is 13.2 Å². The maximum atomic E-state index is 8.68. The van der Waals surface area contributed by atoms with Crippen LogP contribution in [0.3, 0.4) is 0 Å². The van der Waals surface area contributed by atoms with Crippen LogP contribution in [0.5, 0.6) is 0 Å². The fourth-order valence-electron chi connectivity index (χ4n) is 1.18. The normalized spacial score (nSPS) is 11.5. The van der Waals surface area contributed by atoms with E-state index < -0.39 is 0 Å². The highest BCUT2D eigenvalue weighted by atomic mass is 31.1. The van der Waals surface area contributed by atoms with E-state index in [4.69, 9.17) is 10.2 Å². The quantitative estimate of drug-likeness (QED) is 0.602. The Labute approximate surface area is 76.7 Å². The van der Waals surface area contributed by atoms with Gasteiger partial charge in [0.05, 0.1) is 0 Å². The van der Waals surface area contributed by atoms with Crippen molar-refractivity contribution in [2.45, 2.75) is 32.3 Å². The van der Waals surface area contributed by atoms with Crippen LogP contribution in [-0.4, -0.2) is 41.4 Å². The smallest absolute Gasteiger partial charge is 0.0434 e. The summed E-state index contributed by atoms with van der Waals surface area (Å²) in [6, 6.07) is 0. The molecule has 2 N–H and O–H groups in total. The maximum absolute atomic E-state index is 8.68. The van der Waals surface area contributed by atoms with Crippen molar-refractivity contribution < 1.29 is 10.2 Å². The summed E-state index contributed by atoms with van der Waals surface area (Å²) in [4.78, 5) is 0. The van der Waals surface area contributed by atoms with Crippen LogP contribution in [0.4, 0.5) is 0 Å². The second-order valence-corrected chi connectivity index (χ2v) is 6.39. The minimum absolute atomic E-state index is 0.0486. The van der Waals surface area contributed by atoms with Gasteiger partial charge >= 0.3 is 0 Å². The van der Waals surface area contributed by atoms with Gasteiger partial charge in [-0.2, -0.15) is 0 Å². The van der Waals surface area contributed by atoms with E-state index >= 15 is 0 Å². The van der Waals surface area contributed by atoms with Crippen molar-refractivity contribution in [1.29, 1.82) is 0 Å². The summed E-state index contributed by atoms with van der Waals surface area (Å²) in [5.41, 5.74) is 0.734. The molecule has 0 rings (SSSR count). The van der Waals surface area contributed by atoms with E-state index in [2.05, 4.69) is 13.8 Å². The van der Waals surface area contributed by atoms with Crippen molar-refractivity contribution in [3.63, 3.8) is 0 Å². The molecule has 74 valence electrons. The van der Waals surface area contributed by atoms with Gasteiger partial charge in [-0.05, 0) is 30.8 Å². The molecule has 0 aliphatic carbocycles. The van der Waals surface area contributed by atoms with Gasteiger partial charge in [0.15, 0.2) is 0 Å². The van der Waals surface area contributed by atoms with Gasteiger partial charge in [-0.3, -0.25) is 0 Å². The van der Waals surface area contributed by atoms with Crippen LogP contribution in [0, 0.1) is 0 Å². The lowest BCUT2D eigenvalue weighted by Crippen LogP contribution is -2.03. The predicted molar refractivity (Wildman–Crippen MR) is 55.2 cm³/mol. The Hall–Kier alpha value is 0.350. The third-order valence-electron chi connectivity index (χ3n) is 1.94. The van der Waals surface area contributed by atoms with E-state index in [9.17, 15) is 0 Å². The van der Waals surface area contributed by atoms with Crippen molar-refractivity contribution in [3.05, 3.63) is 0 Å². The lowest BCUT2D eigenvalue weighted by molar-refractivity contribution is 0.294. The molecular weight excluding hydrogens is 171 g/mol. The van der Waals surface area contributed by atoms with Gasteiger partial charge < -0.3 is 10.2 Å². The summed E-state index contributed by atoms with van der Waals surface area (Å²) in [6.45, 7) is 5.09. The Morgan fingerprint density at radius 2 is 1.42 bits per heavy atom. The molecule has 0 saturated carbocycles. The lowest BCUT2D eigenvalue weighted by Gasteiger charge is -2.20. The van der Waals surface area contributed by atoms with E-state index in [1.54, 1.807) is 0 Å². The first-order valence-corrected chi connectivity index (χ1v) is 6.46. The first kappa shape index (κ1) is 12.3. The Morgan fingerprint density at radius 3 is 1.67 bits per heavy atom. The highest BCUT2D eigenvalue weighted by Gasteiger charge is 2.10. The molecular formula is C9H21O2P. The molecule has 0 bridgehead atoms. The Balaban J connectivity index is 3.55. The third-order valence-corrected chi connectivity index (χ3v) is 5.18. The summed E-state index contributed by atoms with van der Waals surface area (Å²) >= 11 is 0. The van der Waals surface area contributed by atoms with Crippen molar-refractivity contribution in [2.75, 3.05) is 25.5 Å². The third kappa shape index (κ3) is 5.93. The molecule has 0 aromatic heterocycles. The Morgan fingerprint density at radius 1 is 1.00 bits per heavy atom. The van der Waals surface area contributed by atoms with E-state index in [1.165, 1.54) is 0 Å². The van der Waals surface area contributed by atoms with Gasteiger partial charge in [0.2, 0.25) is 0 Å². The fourth-order valence-corrected chi connectivity index (χ4v) is 3.53. The lowest BCUT2D eigenvalue weighted by atomic mass is 10.5. The van der Waals surface area contributed by atoms with Gasteiger partial charge in [-0.1, -0.05) is 13.8 Å². The molecule has 0 aromatic carbocycles. The highest BCUT2D eigenvalue weighted by Crippen LogP contribution is 2.41. The average Bonchev–Trinajstić information content (AvgIpc) is 2.04. The first-order chi connectivity index (χ1) is 5.72. The van der Waals surface area contributed by atoms with Crippen LogP contribution in [0.25, 0.3) is 0 Å². The maximum Gasteiger partial charge on any atom is 0.0434 e. The molecule has 0 saturated heterocycles. The van der Waals surface area contributed by atoms with E-state index in [-0.39, 0.29) is 7.92 Å². The molecule has 0 aliphatic rings. The average molecular weight is 192 g/mol. The fraction of sp³-hybridized carbons (Fsp3) is 1.00.